The van der Waals surface area contributed by atoms with E-state index in [1.807, 2.05) is 54.4 Å². The summed E-state index contributed by atoms with van der Waals surface area (Å²) in [6.45, 7) is 3.51. The zero-order valence-electron chi connectivity index (χ0n) is 13.4. The molecule has 4 heteroatoms. The Kier molecular flexibility index (Phi) is 4.81. The zero-order chi connectivity index (χ0) is 16.1. The normalized spacial score (nSPS) is 16.0. The quantitative estimate of drug-likeness (QED) is 0.818. The third-order valence-electron chi connectivity index (χ3n) is 4.22. The first-order chi connectivity index (χ1) is 11.2. The average molecular weight is 307 g/mol. The van der Waals surface area contributed by atoms with E-state index in [4.69, 9.17) is 0 Å². The van der Waals surface area contributed by atoms with Crippen molar-refractivity contribution < 1.29 is 4.79 Å². The van der Waals surface area contributed by atoms with Crippen molar-refractivity contribution >= 4 is 12.0 Å². The molecule has 23 heavy (non-hydrogen) atoms. The van der Waals surface area contributed by atoms with Gasteiger partial charge in [0.2, 0.25) is 5.91 Å². The van der Waals surface area contributed by atoms with Gasteiger partial charge in [-0.3, -0.25) is 14.8 Å². The summed E-state index contributed by atoms with van der Waals surface area (Å²) < 4.78 is 0. The Labute approximate surface area is 136 Å². The number of amides is 1. The lowest BCUT2D eigenvalue weighted by molar-refractivity contribution is -0.126. The number of rotatable bonds is 3. The van der Waals surface area contributed by atoms with Gasteiger partial charge in [-0.15, -0.1) is 0 Å². The minimum atomic E-state index is 0.0858. The largest absolute Gasteiger partial charge is 0.339 e. The Hall–Kier alpha value is -2.49. The molecule has 2 aromatic rings. The van der Waals surface area contributed by atoms with Gasteiger partial charge in [-0.1, -0.05) is 30.3 Å². The number of carbonyl (C=O) groups is 1. The summed E-state index contributed by atoms with van der Waals surface area (Å²) in [7, 11) is 0. The monoisotopic (exact) mass is 307 g/mol. The van der Waals surface area contributed by atoms with Crippen LogP contribution in [0, 0.1) is 6.92 Å². The van der Waals surface area contributed by atoms with Crippen LogP contribution in [0.15, 0.2) is 48.8 Å². The lowest BCUT2D eigenvalue weighted by Crippen LogP contribution is -2.37. The summed E-state index contributed by atoms with van der Waals surface area (Å²) in [5.74, 6) is 0.493. The van der Waals surface area contributed by atoms with Gasteiger partial charge >= 0.3 is 0 Å². The van der Waals surface area contributed by atoms with Crippen molar-refractivity contribution in [2.45, 2.75) is 25.7 Å². The SMILES string of the molecule is Cc1cncc(C2CCN(C(=O)/C=C/c3ccccc3)CC2)n1. The fourth-order valence-corrected chi connectivity index (χ4v) is 2.91. The molecule has 118 valence electrons. The van der Waals surface area contributed by atoms with E-state index in [9.17, 15) is 4.79 Å². The minimum absolute atomic E-state index is 0.0858. The maximum Gasteiger partial charge on any atom is 0.246 e. The van der Waals surface area contributed by atoms with E-state index in [0.717, 1.165) is 42.9 Å². The van der Waals surface area contributed by atoms with Crippen molar-refractivity contribution in [1.29, 1.82) is 0 Å². The van der Waals surface area contributed by atoms with Crippen molar-refractivity contribution in [2.75, 3.05) is 13.1 Å². The number of aryl methyl sites for hydroxylation is 1. The molecule has 2 heterocycles. The molecule has 0 unspecified atom stereocenters. The third kappa shape index (κ3) is 4.03. The molecule has 1 amide bonds. The molecule has 4 nitrogen and oxygen atoms in total. The molecular formula is C19H21N3O. The summed E-state index contributed by atoms with van der Waals surface area (Å²) in [6, 6.07) is 9.90. The van der Waals surface area contributed by atoms with E-state index in [1.165, 1.54) is 0 Å². The number of aromatic nitrogens is 2. The standard InChI is InChI=1S/C19H21N3O/c1-15-13-20-14-18(21-15)17-9-11-22(12-10-17)19(23)8-7-16-5-3-2-4-6-16/h2-8,13-14,17H,9-12H2,1H3/b8-7+. The van der Waals surface area contributed by atoms with Gasteiger partial charge in [0.1, 0.15) is 0 Å². The Morgan fingerprint density at radius 2 is 1.91 bits per heavy atom. The van der Waals surface area contributed by atoms with Gasteiger partial charge in [-0.05, 0) is 31.4 Å². The van der Waals surface area contributed by atoms with Crippen molar-refractivity contribution in [1.82, 2.24) is 14.9 Å². The highest BCUT2D eigenvalue weighted by Gasteiger charge is 2.23. The average Bonchev–Trinajstić information content (AvgIpc) is 2.61. The van der Waals surface area contributed by atoms with E-state index >= 15 is 0 Å². The fraction of sp³-hybridized carbons (Fsp3) is 0.316. The third-order valence-corrected chi connectivity index (χ3v) is 4.22. The molecule has 0 spiro atoms. The molecule has 0 N–H and O–H groups in total. The molecule has 1 fully saturated rings. The van der Waals surface area contributed by atoms with Crippen LogP contribution in [0.5, 0.6) is 0 Å². The predicted molar refractivity (Wildman–Crippen MR) is 90.8 cm³/mol. The van der Waals surface area contributed by atoms with Gasteiger partial charge in [-0.2, -0.15) is 0 Å². The lowest BCUT2D eigenvalue weighted by Gasteiger charge is -2.31. The number of benzene rings is 1. The molecule has 0 atom stereocenters. The summed E-state index contributed by atoms with van der Waals surface area (Å²) in [5, 5.41) is 0. The predicted octanol–water partition coefficient (Wildman–Crippen LogP) is 3.20. The summed E-state index contributed by atoms with van der Waals surface area (Å²) >= 11 is 0. The van der Waals surface area contributed by atoms with Crippen LogP contribution in [-0.2, 0) is 4.79 Å². The highest BCUT2D eigenvalue weighted by molar-refractivity contribution is 5.91. The number of hydrogen-bond acceptors (Lipinski definition) is 3. The molecule has 1 aliphatic rings. The smallest absolute Gasteiger partial charge is 0.246 e. The van der Waals surface area contributed by atoms with Crippen LogP contribution in [0.4, 0.5) is 0 Å². The van der Waals surface area contributed by atoms with Gasteiger partial charge in [0, 0.05) is 37.5 Å². The summed E-state index contributed by atoms with van der Waals surface area (Å²) in [4.78, 5) is 23.0. The van der Waals surface area contributed by atoms with E-state index in [1.54, 1.807) is 12.3 Å². The van der Waals surface area contributed by atoms with Crippen LogP contribution in [0.3, 0.4) is 0 Å². The highest BCUT2D eigenvalue weighted by Crippen LogP contribution is 2.26. The molecule has 3 rings (SSSR count). The van der Waals surface area contributed by atoms with Crippen LogP contribution >= 0.6 is 0 Å². The molecule has 1 saturated heterocycles. The molecule has 0 aliphatic carbocycles. The van der Waals surface area contributed by atoms with Crippen LogP contribution < -0.4 is 0 Å². The number of hydrogen-bond donors (Lipinski definition) is 0. The van der Waals surface area contributed by atoms with Gasteiger partial charge in [-0.25, -0.2) is 0 Å². The second-order valence-corrected chi connectivity index (χ2v) is 5.93. The van der Waals surface area contributed by atoms with Crippen molar-refractivity contribution in [3.05, 3.63) is 65.8 Å². The maximum atomic E-state index is 12.3. The van der Waals surface area contributed by atoms with E-state index in [2.05, 4.69) is 9.97 Å². The van der Waals surface area contributed by atoms with E-state index in [0.29, 0.717) is 5.92 Å². The number of piperidine rings is 1. The molecule has 1 aliphatic heterocycles. The van der Waals surface area contributed by atoms with Crippen molar-refractivity contribution in [3.63, 3.8) is 0 Å². The van der Waals surface area contributed by atoms with Gasteiger partial charge in [0.05, 0.1) is 11.4 Å². The Bertz CT molecular complexity index is 689. The molecule has 0 saturated carbocycles. The zero-order valence-corrected chi connectivity index (χ0v) is 13.4. The van der Waals surface area contributed by atoms with Crippen molar-refractivity contribution in [3.8, 4) is 0 Å². The topological polar surface area (TPSA) is 46.1 Å². The van der Waals surface area contributed by atoms with Gasteiger partial charge < -0.3 is 4.90 Å². The Morgan fingerprint density at radius 3 is 2.61 bits per heavy atom. The highest BCUT2D eigenvalue weighted by atomic mass is 16.2. The fourth-order valence-electron chi connectivity index (χ4n) is 2.91. The van der Waals surface area contributed by atoms with Crippen LogP contribution in [-0.4, -0.2) is 33.9 Å². The molecule has 1 aromatic carbocycles. The number of nitrogens with zero attached hydrogens (tertiary/aromatic N) is 3. The van der Waals surface area contributed by atoms with Crippen LogP contribution in [0.25, 0.3) is 6.08 Å². The summed E-state index contributed by atoms with van der Waals surface area (Å²) in [6.07, 6.45) is 9.07. The minimum Gasteiger partial charge on any atom is -0.339 e. The number of carbonyl (C=O) groups excluding carboxylic acids is 1. The molecule has 0 radical (unpaired) electrons. The van der Waals surface area contributed by atoms with Gasteiger partial charge in [0.15, 0.2) is 0 Å². The second-order valence-electron chi connectivity index (χ2n) is 5.93. The Balaban J connectivity index is 1.56. The van der Waals surface area contributed by atoms with E-state index < -0.39 is 0 Å². The lowest BCUT2D eigenvalue weighted by atomic mass is 9.93. The maximum absolute atomic E-state index is 12.3. The first-order valence-corrected chi connectivity index (χ1v) is 8.03. The molecular weight excluding hydrogens is 286 g/mol. The summed E-state index contributed by atoms with van der Waals surface area (Å²) in [5.41, 5.74) is 3.05. The van der Waals surface area contributed by atoms with Crippen LogP contribution in [0.1, 0.15) is 35.7 Å². The van der Waals surface area contributed by atoms with Crippen molar-refractivity contribution in [2.24, 2.45) is 0 Å². The second kappa shape index (κ2) is 7.18. The Morgan fingerprint density at radius 1 is 1.17 bits per heavy atom. The first-order valence-electron chi connectivity index (χ1n) is 8.03. The van der Waals surface area contributed by atoms with Gasteiger partial charge in [0.25, 0.3) is 0 Å². The van der Waals surface area contributed by atoms with Crippen LogP contribution in [0.2, 0.25) is 0 Å². The molecule has 1 aromatic heterocycles. The first kappa shape index (κ1) is 15.4. The number of likely N-dealkylation sites (tertiary alicyclic amines) is 1. The van der Waals surface area contributed by atoms with E-state index in [-0.39, 0.29) is 5.91 Å². The molecule has 0 bridgehead atoms.